The van der Waals surface area contributed by atoms with Crippen molar-refractivity contribution < 1.29 is 14.6 Å². The molecule has 0 saturated carbocycles. The van der Waals surface area contributed by atoms with E-state index in [1.54, 1.807) is 5.57 Å². The van der Waals surface area contributed by atoms with E-state index in [0.717, 1.165) is 69.5 Å². The van der Waals surface area contributed by atoms with Crippen molar-refractivity contribution in [3.8, 4) is 5.75 Å². The number of pyridine rings is 1. The van der Waals surface area contributed by atoms with Crippen LogP contribution in [0, 0.1) is 6.92 Å². The second kappa shape index (κ2) is 16.9. The third kappa shape index (κ3) is 8.95. The predicted octanol–water partition coefficient (Wildman–Crippen LogP) is 6.47. The average molecular weight is 635 g/mol. The zero-order valence-electron chi connectivity index (χ0n) is 24.1. The number of halogens is 3. The van der Waals surface area contributed by atoms with E-state index in [1.165, 1.54) is 33.5 Å². The van der Waals surface area contributed by atoms with Crippen molar-refractivity contribution in [2.24, 2.45) is 5.73 Å². The fourth-order valence-corrected chi connectivity index (χ4v) is 5.78. The molecule has 2 aliphatic rings. The topological polar surface area (TPSA) is 88.7 Å². The Hall–Kier alpha value is -2.61. The van der Waals surface area contributed by atoms with Crippen LogP contribution in [-0.4, -0.2) is 53.2 Å². The van der Waals surface area contributed by atoms with E-state index >= 15 is 0 Å². The maximum atomic E-state index is 10.9. The van der Waals surface area contributed by atoms with Gasteiger partial charge in [-0.15, -0.1) is 37.2 Å². The minimum atomic E-state index is -0.982. The molecule has 0 bridgehead atoms. The summed E-state index contributed by atoms with van der Waals surface area (Å²) in [5.74, 6) is -0.172. The number of benzene rings is 2. The summed E-state index contributed by atoms with van der Waals surface area (Å²) in [5.41, 5.74) is 16.2. The molecule has 5 rings (SSSR count). The van der Waals surface area contributed by atoms with Crippen molar-refractivity contribution >= 4 is 48.8 Å². The van der Waals surface area contributed by atoms with Gasteiger partial charge in [0.1, 0.15) is 11.8 Å². The Morgan fingerprint density at radius 3 is 2.40 bits per heavy atom. The second-order valence-electron chi connectivity index (χ2n) is 10.8. The number of aryl methyl sites for hydroxylation is 3. The highest BCUT2D eigenvalue weighted by Gasteiger charge is 2.25. The summed E-state index contributed by atoms with van der Waals surface area (Å²) in [6, 6.07) is 17.9. The Labute approximate surface area is 268 Å². The van der Waals surface area contributed by atoms with E-state index < -0.39 is 12.0 Å². The number of fused-ring (bicyclic) bond motifs is 2. The molecule has 0 radical (unpaired) electrons. The Bertz CT molecular complexity index is 1340. The number of likely N-dealkylation sites (tertiary alicyclic amines) is 1. The fourth-order valence-electron chi connectivity index (χ4n) is 5.78. The van der Waals surface area contributed by atoms with Crippen LogP contribution in [0.2, 0.25) is 0 Å². The van der Waals surface area contributed by atoms with Gasteiger partial charge in [-0.25, -0.2) is 0 Å². The summed E-state index contributed by atoms with van der Waals surface area (Å²) in [6.07, 6.45) is 8.67. The van der Waals surface area contributed by atoms with Gasteiger partial charge in [0.25, 0.3) is 0 Å². The van der Waals surface area contributed by atoms with Gasteiger partial charge in [-0.05, 0) is 98.9 Å². The largest absolute Gasteiger partial charge is 0.494 e. The zero-order valence-corrected chi connectivity index (χ0v) is 26.5. The molecule has 9 heteroatoms. The predicted molar refractivity (Wildman–Crippen MR) is 177 cm³/mol. The number of carboxylic acids is 1. The van der Waals surface area contributed by atoms with Gasteiger partial charge in [-0.1, -0.05) is 47.5 Å². The van der Waals surface area contributed by atoms with Crippen LogP contribution in [0.1, 0.15) is 59.2 Å². The van der Waals surface area contributed by atoms with Gasteiger partial charge in [0.15, 0.2) is 0 Å². The molecule has 1 fully saturated rings. The van der Waals surface area contributed by atoms with E-state index in [0.29, 0.717) is 13.0 Å². The summed E-state index contributed by atoms with van der Waals surface area (Å²) >= 11 is 0. The molecule has 3 N–H and O–H groups in total. The maximum absolute atomic E-state index is 10.9. The number of nitrogens with zero attached hydrogens (tertiary/aromatic N) is 2. The molecule has 0 amide bonds. The Kier molecular flexibility index (Phi) is 14.3. The molecule has 228 valence electrons. The lowest BCUT2D eigenvalue weighted by molar-refractivity contribution is -0.138. The summed E-state index contributed by atoms with van der Waals surface area (Å²) in [6.45, 7) is 6.12. The van der Waals surface area contributed by atoms with E-state index in [9.17, 15) is 4.79 Å². The summed E-state index contributed by atoms with van der Waals surface area (Å²) in [4.78, 5) is 18.4. The number of carboxylic acid groups (broad SMARTS) is 1. The van der Waals surface area contributed by atoms with Crippen LogP contribution in [0.3, 0.4) is 0 Å². The monoisotopic (exact) mass is 633 g/mol. The zero-order chi connectivity index (χ0) is 27.2. The Morgan fingerprint density at radius 1 is 0.976 bits per heavy atom. The standard InChI is InChI=1S/C33H39N3O3.3ClH/c1-23-6-13-29-27(21-23)10-9-26-5-4-16-35-32(26)31(29)25-14-18-36(19-15-25)17-2-3-20-39-28-11-7-24(8-12-28)22-30(34)33(37)38;;;/h4-8,11-13,16,21,30H,2-3,9-10,14-15,17-20,22,34H2,1H3,(H,37,38);3*1H/t30-;;;/m0.../s1. The highest BCUT2D eigenvalue weighted by atomic mass is 35.5. The van der Waals surface area contributed by atoms with Gasteiger partial charge in [-0.3, -0.25) is 9.78 Å². The molecule has 1 atom stereocenters. The lowest BCUT2D eigenvalue weighted by Crippen LogP contribution is -2.32. The Morgan fingerprint density at radius 2 is 1.69 bits per heavy atom. The summed E-state index contributed by atoms with van der Waals surface area (Å²) in [5, 5.41) is 8.96. The molecule has 0 unspecified atom stereocenters. The number of nitrogens with two attached hydrogens (primary N) is 1. The third-order valence-corrected chi connectivity index (χ3v) is 7.97. The number of rotatable bonds is 9. The Balaban J connectivity index is 0.00000205. The summed E-state index contributed by atoms with van der Waals surface area (Å²) in [7, 11) is 0. The van der Waals surface area contributed by atoms with Crippen LogP contribution in [0.5, 0.6) is 5.75 Å². The molecule has 1 saturated heterocycles. The number of unbranched alkanes of at least 4 members (excludes halogenated alkanes) is 1. The number of carbonyl (C=O) groups is 1. The lowest BCUT2D eigenvalue weighted by Gasteiger charge is -2.30. The van der Waals surface area contributed by atoms with Crippen LogP contribution < -0.4 is 10.5 Å². The van der Waals surface area contributed by atoms with E-state index in [2.05, 4.69) is 42.2 Å². The maximum Gasteiger partial charge on any atom is 0.320 e. The third-order valence-electron chi connectivity index (χ3n) is 7.97. The number of hydrogen-bond acceptors (Lipinski definition) is 5. The number of aromatic nitrogens is 1. The van der Waals surface area contributed by atoms with Crippen molar-refractivity contribution in [1.29, 1.82) is 0 Å². The molecule has 3 aromatic rings. The molecule has 42 heavy (non-hydrogen) atoms. The van der Waals surface area contributed by atoms with Crippen LogP contribution in [0.4, 0.5) is 0 Å². The minimum Gasteiger partial charge on any atom is -0.494 e. The van der Waals surface area contributed by atoms with Gasteiger partial charge < -0.3 is 20.5 Å². The highest BCUT2D eigenvalue weighted by molar-refractivity contribution is 5.86. The molecule has 1 aromatic heterocycles. The minimum absolute atomic E-state index is 0. The molecule has 0 spiro atoms. The highest BCUT2D eigenvalue weighted by Crippen LogP contribution is 2.38. The van der Waals surface area contributed by atoms with Crippen LogP contribution in [0.25, 0.3) is 5.57 Å². The first-order valence-electron chi connectivity index (χ1n) is 14.2. The molecular weight excluding hydrogens is 593 g/mol. The van der Waals surface area contributed by atoms with Gasteiger partial charge in [0.05, 0.1) is 12.3 Å². The first-order valence-corrected chi connectivity index (χ1v) is 14.2. The first kappa shape index (κ1) is 35.6. The van der Waals surface area contributed by atoms with Gasteiger partial charge in [0.2, 0.25) is 0 Å². The molecule has 2 heterocycles. The molecule has 1 aliphatic heterocycles. The molecular formula is C33H42Cl3N3O3. The SMILES string of the molecule is Cc1ccc2c(c1)CCc1cccnc1C2=C1CCN(CCCCOc2ccc(C[C@H](N)C(=O)O)cc2)CC1.Cl.Cl.Cl. The molecule has 2 aromatic carbocycles. The van der Waals surface area contributed by atoms with E-state index in [4.69, 9.17) is 20.6 Å². The van der Waals surface area contributed by atoms with E-state index in [-0.39, 0.29) is 37.2 Å². The van der Waals surface area contributed by atoms with E-state index in [1.807, 2.05) is 30.5 Å². The van der Waals surface area contributed by atoms with Crippen molar-refractivity contribution in [3.63, 3.8) is 0 Å². The van der Waals surface area contributed by atoms with Gasteiger partial charge >= 0.3 is 5.97 Å². The van der Waals surface area contributed by atoms with Crippen molar-refractivity contribution in [2.75, 3.05) is 26.2 Å². The van der Waals surface area contributed by atoms with Crippen molar-refractivity contribution in [2.45, 2.75) is 57.9 Å². The average Bonchev–Trinajstić information content (AvgIpc) is 3.10. The number of hydrogen-bond donors (Lipinski definition) is 2. The van der Waals surface area contributed by atoms with Crippen LogP contribution in [-0.2, 0) is 24.1 Å². The second-order valence-corrected chi connectivity index (χ2v) is 10.8. The van der Waals surface area contributed by atoms with Crippen molar-refractivity contribution in [1.82, 2.24) is 9.88 Å². The van der Waals surface area contributed by atoms with Gasteiger partial charge in [-0.2, -0.15) is 0 Å². The quantitative estimate of drug-likeness (QED) is 0.263. The van der Waals surface area contributed by atoms with Gasteiger partial charge in [0, 0.05) is 24.9 Å². The summed E-state index contributed by atoms with van der Waals surface area (Å²) < 4.78 is 5.91. The lowest BCUT2D eigenvalue weighted by atomic mass is 9.88. The first-order chi connectivity index (χ1) is 19.0. The molecule has 6 nitrogen and oxygen atoms in total. The van der Waals surface area contributed by atoms with Crippen LogP contribution >= 0.6 is 37.2 Å². The number of piperidine rings is 1. The number of ether oxygens (including phenoxy) is 1. The fraction of sp³-hybridized carbons (Fsp3) is 0.394. The number of aliphatic carboxylic acids is 1. The normalized spacial score (nSPS) is 15.1. The smallest absolute Gasteiger partial charge is 0.320 e. The molecule has 1 aliphatic carbocycles. The van der Waals surface area contributed by atoms with Crippen molar-refractivity contribution in [3.05, 3.63) is 99.9 Å². The van der Waals surface area contributed by atoms with Crippen LogP contribution in [0.15, 0.2) is 66.4 Å².